The van der Waals surface area contributed by atoms with Gasteiger partial charge >= 0.3 is 24.7 Å². The van der Waals surface area contributed by atoms with Crippen LogP contribution < -0.4 is 26.6 Å². The highest BCUT2D eigenvalue weighted by Gasteiger charge is 2.44. The second-order valence-electron chi connectivity index (χ2n) is 12.6. The zero-order chi connectivity index (χ0) is 49.0. The van der Waals surface area contributed by atoms with Crippen LogP contribution in [0.15, 0.2) is 80.8 Å². The van der Waals surface area contributed by atoms with Gasteiger partial charge in [0.25, 0.3) is 16.6 Å². The van der Waals surface area contributed by atoms with E-state index in [0.29, 0.717) is 4.88 Å². The summed E-state index contributed by atoms with van der Waals surface area (Å²) in [6.07, 6.45) is -18.3. The van der Waals surface area contributed by atoms with Crippen LogP contribution in [0, 0.1) is 34.6 Å². The van der Waals surface area contributed by atoms with Gasteiger partial charge in [-0.05, 0) is 102 Å². The van der Waals surface area contributed by atoms with Crippen LogP contribution in [0.25, 0.3) is 0 Å². The number of anilines is 1. The van der Waals surface area contributed by atoms with E-state index in [1.807, 2.05) is 0 Å². The molecule has 0 saturated carbocycles. The third-order valence-corrected chi connectivity index (χ3v) is 12.4. The van der Waals surface area contributed by atoms with Gasteiger partial charge in [0.05, 0.1) is 16.4 Å². The van der Waals surface area contributed by atoms with E-state index in [2.05, 4.69) is 34.9 Å². The Morgan fingerprint density at radius 3 is 1.48 bits per heavy atom. The average molecular weight is 1020 g/mol. The molecule has 4 N–H and O–H groups in total. The van der Waals surface area contributed by atoms with Crippen molar-refractivity contribution in [3.63, 3.8) is 0 Å². The summed E-state index contributed by atoms with van der Waals surface area (Å²) in [4.78, 5) is 37.5. The number of carbonyl (C=O) groups is 1. The predicted molar refractivity (Wildman–Crippen MR) is 228 cm³/mol. The van der Waals surface area contributed by atoms with E-state index >= 15 is 0 Å². The highest BCUT2D eigenvalue weighted by molar-refractivity contribution is 7.14. The minimum atomic E-state index is -4.75. The molecule has 0 aliphatic rings. The number of ketones is 1. The standard InChI is InChI=1S/C13H12F3NO3S.C7H6F3NOS.C7H8F3NS.C7H5F3OS.C5H6S/c1-3-20-11-8(9(18)10(11)19)17-12(13(14,15)16)7-5-4-6(2)21-7;1-4-2-3-5(13-4)6(11-12)7(8,9)10;2*1-4-2-3-5(12-4)6(11)7(8,9)10;1-5-3-2-4-6-5/h4-5,12,17H,3H2,1-2H3;2-3,12H,1H3;2-3,6H,11H2,1H3;2-3H,1H3;2-4H,1H3/b;11-6+;;;/t12-;;;;/m0..../s1. The van der Waals surface area contributed by atoms with E-state index in [-0.39, 0.29) is 31.9 Å². The zero-order valence-corrected chi connectivity index (χ0v) is 38.0. The van der Waals surface area contributed by atoms with Crippen molar-refractivity contribution in [2.45, 2.75) is 78.3 Å². The van der Waals surface area contributed by atoms with Gasteiger partial charge in [-0.2, -0.15) is 52.7 Å². The number of halogens is 12. The van der Waals surface area contributed by atoms with Gasteiger partial charge in [-0.25, -0.2) is 0 Å². The Kier molecular flexibility index (Phi) is 20.5. The molecule has 64 heavy (non-hydrogen) atoms. The van der Waals surface area contributed by atoms with Crippen molar-refractivity contribution in [3.05, 3.63) is 130 Å². The van der Waals surface area contributed by atoms with Gasteiger partial charge in [-0.1, -0.05) is 11.2 Å². The molecule has 25 heteroatoms. The molecule has 5 heterocycles. The van der Waals surface area contributed by atoms with Crippen LogP contribution in [0.4, 0.5) is 58.4 Å². The molecule has 0 bridgehead atoms. The van der Waals surface area contributed by atoms with E-state index in [4.69, 9.17) is 15.7 Å². The molecule has 6 aromatic rings. The van der Waals surface area contributed by atoms with Crippen molar-refractivity contribution < 1.29 is 67.4 Å². The molecule has 0 aliphatic heterocycles. The van der Waals surface area contributed by atoms with Gasteiger partial charge in [-0.15, -0.1) is 56.7 Å². The van der Waals surface area contributed by atoms with Gasteiger partial charge in [0, 0.05) is 34.1 Å². The van der Waals surface area contributed by atoms with Crippen molar-refractivity contribution in [1.82, 2.24) is 0 Å². The van der Waals surface area contributed by atoms with Crippen LogP contribution in [0.1, 0.15) is 67.7 Å². The number of oxime groups is 1. The molecule has 5 aromatic heterocycles. The van der Waals surface area contributed by atoms with Crippen LogP contribution in [0.3, 0.4) is 0 Å². The fourth-order valence-electron chi connectivity index (χ4n) is 4.50. The Morgan fingerprint density at radius 1 is 0.672 bits per heavy atom. The summed E-state index contributed by atoms with van der Waals surface area (Å²) in [5.74, 6) is -2.09. The van der Waals surface area contributed by atoms with Crippen LogP contribution in [0.5, 0.6) is 5.75 Å². The van der Waals surface area contributed by atoms with Gasteiger partial charge in [0.2, 0.25) is 5.71 Å². The SMILES string of the molecule is CCOc1c(N[C@@H](c2ccc(C)s2)C(F)(F)F)c(=O)c1=O.Cc1ccc(/C(=N\O)C(F)(F)F)s1.Cc1ccc(C(=O)C(F)(F)F)s1.Cc1ccc(C(N)C(F)(F)F)s1.Cc1cccs1. The average Bonchev–Trinajstić information content (AvgIpc) is 4.05. The van der Waals surface area contributed by atoms with Gasteiger partial charge < -0.3 is 21.0 Å². The molecule has 0 saturated heterocycles. The molecule has 0 amide bonds. The fourth-order valence-corrected chi connectivity index (χ4v) is 8.58. The number of alkyl halides is 12. The Morgan fingerprint density at radius 2 is 1.16 bits per heavy atom. The maximum Gasteiger partial charge on any atom is 0.455 e. The summed E-state index contributed by atoms with van der Waals surface area (Å²) in [6.45, 7) is 10.5. The third-order valence-electron chi connectivity index (χ3n) is 7.46. The number of rotatable bonds is 8. The summed E-state index contributed by atoms with van der Waals surface area (Å²) in [7, 11) is 0. The number of nitrogens with two attached hydrogens (primary N) is 1. The molecule has 6 rings (SSSR count). The lowest BCUT2D eigenvalue weighted by molar-refractivity contribution is -0.148. The van der Waals surface area contributed by atoms with E-state index in [1.165, 1.54) is 41.3 Å². The summed E-state index contributed by atoms with van der Waals surface area (Å²) >= 11 is 5.62. The normalized spacial score (nSPS) is 12.9. The van der Waals surface area contributed by atoms with Crippen LogP contribution in [0.2, 0.25) is 0 Å². The Balaban J connectivity index is 0.000000288. The molecular formula is C39H37F12N3O5S5. The van der Waals surface area contributed by atoms with Gasteiger partial charge in [0.15, 0.2) is 11.8 Å². The molecule has 0 fully saturated rings. The molecule has 352 valence electrons. The van der Waals surface area contributed by atoms with E-state index in [1.54, 1.807) is 58.1 Å². The minimum Gasteiger partial charge on any atom is -0.488 e. The van der Waals surface area contributed by atoms with E-state index in [0.717, 1.165) is 60.0 Å². The molecular weight excluding hydrogens is 979 g/mol. The first-order valence-corrected chi connectivity index (χ1v) is 21.8. The Hall–Kier alpha value is -4.56. The largest absolute Gasteiger partial charge is 0.488 e. The lowest BCUT2D eigenvalue weighted by atomic mass is 10.1. The second kappa shape index (κ2) is 23.6. The number of nitrogens with zero attached hydrogens (tertiary/aromatic N) is 1. The van der Waals surface area contributed by atoms with Crippen LogP contribution in [-0.4, -0.2) is 48.0 Å². The fraction of sp³-hybridized carbons (Fsp3) is 0.333. The monoisotopic (exact) mass is 1020 g/mol. The van der Waals surface area contributed by atoms with Crippen molar-refractivity contribution >= 4 is 73.9 Å². The number of thiophene rings is 5. The smallest absolute Gasteiger partial charge is 0.455 e. The number of carbonyl (C=O) groups excluding carboxylic acids is 1. The third kappa shape index (κ3) is 17.1. The molecule has 0 radical (unpaired) electrons. The Labute approximate surface area is 377 Å². The maximum atomic E-state index is 13.2. The van der Waals surface area contributed by atoms with Crippen molar-refractivity contribution in [2.75, 3.05) is 11.9 Å². The highest BCUT2D eigenvalue weighted by Crippen LogP contribution is 2.40. The number of aryl methyl sites for hydroxylation is 5. The summed E-state index contributed by atoms with van der Waals surface area (Å²) < 4.78 is 152. The summed E-state index contributed by atoms with van der Waals surface area (Å²) in [5, 5.41) is 14.6. The molecule has 0 aliphatic carbocycles. The molecule has 0 spiro atoms. The highest BCUT2D eigenvalue weighted by atomic mass is 32.1. The zero-order valence-electron chi connectivity index (χ0n) is 33.9. The van der Waals surface area contributed by atoms with E-state index in [9.17, 15) is 67.1 Å². The number of ether oxygens (including phenoxy) is 1. The molecule has 1 aromatic carbocycles. The Bertz CT molecular complexity index is 2470. The summed E-state index contributed by atoms with van der Waals surface area (Å²) in [5.41, 5.74) is 1.43. The van der Waals surface area contributed by atoms with Crippen molar-refractivity contribution in [1.29, 1.82) is 0 Å². The second-order valence-corrected chi connectivity index (χ2v) is 19.0. The number of nitrogens with one attached hydrogen (secondary N) is 1. The first kappa shape index (κ1) is 55.6. The number of Topliss-reactive ketones (excluding diaryl/α,β-unsaturated/α-hetero) is 1. The van der Waals surface area contributed by atoms with Gasteiger partial charge in [-0.3, -0.25) is 14.4 Å². The van der Waals surface area contributed by atoms with Gasteiger partial charge in [0.1, 0.15) is 11.7 Å². The molecule has 2 atom stereocenters. The van der Waals surface area contributed by atoms with Crippen molar-refractivity contribution in [3.8, 4) is 5.75 Å². The van der Waals surface area contributed by atoms with E-state index < -0.39 is 64.8 Å². The minimum absolute atomic E-state index is 0.0236. The number of hydrogen-bond donors (Lipinski definition) is 3. The first-order chi connectivity index (χ1) is 29.4. The van der Waals surface area contributed by atoms with Crippen LogP contribution >= 0.6 is 56.7 Å². The number of hydrogen-bond acceptors (Lipinski definition) is 13. The lowest BCUT2D eigenvalue weighted by Gasteiger charge is -2.23. The summed E-state index contributed by atoms with van der Waals surface area (Å²) in [6, 6.07) is 11.7. The lowest BCUT2D eigenvalue weighted by Crippen LogP contribution is -2.39. The van der Waals surface area contributed by atoms with Crippen LogP contribution in [-0.2, 0) is 0 Å². The quantitative estimate of drug-likeness (QED) is 0.0346. The van der Waals surface area contributed by atoms with Crippen molar-refractivity contribution in [2.24, 2.45) is 10.9 Å². The topological polar surface area (TPSA) is 131 Å². The first-order valence-electron chi connectivity index (χ1n) is 17.7. The molecule has 1 unspecified atom stereocenters. The molecule has 8 nitrogen and oxygen atoms in total. The predicted octanol–water partition coefficient (Wildman–Crippen LogP) is 13.0. The maximum absolute atomic E-state index is 13.2.